The number of nitrogens with one attached hydrogen (secondary N) is 2. The largest absolute Gasteiger partial charge is 0.324 e. The molecule has 1 fully saturated rings. The van der Waals surface area contributed by atoms with Gasteiger partial charge in [0.15, 0.2) is 11.6 Å². The van der Waals surface area contributed by atoms with E-state index in [-0.39, 0.29) is 24.0 Å². The number of hydrogen-bond donors (Lipinski definition) is 2. The Balaban J connectivity index is 0.00000200. The summed E-state index contributed by atoms with van der Waals surface area (Å²) in [6.07, 6.45) is 3.29. The molecule has 1 saturated heterocycles. The van der Waals surface area contributed by atoms with E-state index in [1.165, 1.54) is 12.1 Å². The lowest BCUT2D eigenvalue weighted by atomic mass is 9.93. The minimum absolute atomic E-state index is 0. The van der Waals surface area contributed by atoms with E-state index in [1.807, 2.05) is 0 Å². The van der Waals surface area contributed by atoms with Crippen LogP contribution in [0.2, 0.25) is 0 Å². The molecule has 1 aromatic rings. The first-order chi connectivity index (χ1) is 9.16. The number of piperidine rings is 1. The van der Waals surface area contributed by atoms with Gasteiger partial charge in [-0.05, 0) is 50.4 Å². The zero-order valence-corrected chi connectivity index (χ0v) is 11.9. The van der Waals surface area contributed by atoms with Gasteiger partial charge >= 0.3 is 0 Å². The summed E-state index contributed by atoms with van der Waals surface area (Å²) in [5.41, 5.74) is -0.0877. The van der Waals surface area contributed by atoms with Crippen LogP contribution in [0, 0.1) is 17.6 Å². The first-order valence-electron chi connectivity index (χ1n) is 6.61. The highest BCUT2D eigenvalue weighted by atomic mass is 35.5. The Labute approximate surface area is 123 Å². The molecule has 20 heavy (non-hydrogen) atoms. The van der Waals surface area contributed by atoms with Gasteiger partial charge in [-0.25, -0.2) is 8.78 Å². The number of benzene rings is 1. The molecule has 0 spiro atoms. The molecule has 0 atom stereocenters. The second-order valence-electron chi connectivity index (χ2n) is 4.88. The van der Waals surface area contributed by atoms with Crippen molar-refractivity contribution in [3.8, 4) is 0 Å². The minimum Gasteiger partial charge on any atom is -0.324 e. The molecule has 0 radical (unpaired) electrons. The number of halogens is 3. The van der Waals surface area contributed by atoms with E-state index in [4.69, 9.17) is 0 Å². The molecule has 3 nitrogen and oxygen atoms in total. The zero-order chi connectivity index (χ0) is 13.7. The molecular formula is C14H19ClF2N2O. The maximum Gasteiger partial charge on any atom is 0.224 e. The van der Waals surface area contributed by atoms with Crippen molar-refractivity contribution in [3.05, 3.63) is 29.8 Å². The molecule has 0 aliphatic carbocycles. The van der Waals surface area contributed by atoms with Crippen LogP contribution in [-0.4, -0.2) is 19.0 Å². The summed E-state index contributed by atoms with van der Waals surface area (Å²) >= 11 is 0. The molecule has 0 saturated carbocycles. The van der Waals surface area contributed by atoms with Crippen LogP contribution in [0.25, 0.3) is 0 Å². The molecule has 0 aromatic heterocycles. The maximum absolute atomic E-state index is 13.4. The van der Waals surface area contributed by atoms with Crippen LogP contribution in [-0.2, 0) is 4.79 Å². The smallest absolute Gasteiger partial charge is 0.224 e. The van der Waals surface area contributed by atoms with Crippen molar-refractivity contribution in [2.45, 2.75) is 25.7 Å². The summed E-state index contributed by atoms with van der Waals surface area (Å²) < 4.78 is 26.3. The van der Waals surface area contributed by atoms with Gasteiger partial charge in [0.05, 0.1) is 5.69 Å². The van der Waals surface area contributed by atoms with E-state index in [9.17, 15) is 13.6 Å². The Kier molecular flexibility index (Phi) is 6.88. The highest BCUT2D eigenvalue weighted by molar-refractivity contribution is 5.90. The number of hydrogen-bond acceptors (Lipinski definition) is 2. The summed E-state index contributed by atoms with van der Waals surface area (Å²) in [4.78, 5) is 11.7. The highest BCUT2D eigenvalue weighted by Gasteiger charge is 2.15. The second kappa shape index (κ2) is 8.17. The third kappa shape index (κ3) is 4.72. The number of amides is 1. The Morgan fingerprint density at radius 2 is 2.00 bits per heavy atom. The summed E-state index contributed by atoms with van der Waals surface area (Å²) in [5, 5.41) is 5.69. The van der Waals surface area contributed by atoms with Crippen LogP contribution in [0.4, 0.5) is 14.5 Å². The van der Waals surface area contributed by atoms with Crippen LogP contribution >= 0.6 is 12.4 Å². The van der Waals surface area contributed by atoms with Gasteiger partial charge in [-0.3, -0.25) is 4.79 Å². The molecule has 1 aliphatic heterocycles. The molecule has 112 valence electrons. The van der Waals surface area contributed by atoms with Crippen LogP contribution in [0.5, 0.6) is 0 Å². The monoisotopic (exact) mass is 304 g/mol. The number of carbonyl (C=O) groups excluding carboxylic acids is 1. The van der Waals surface area contributed by atoms with E-state index in [2.05, 4.69) is 10.6 Å². The lowest BCUT2D eigenvalue weighted by Gasteiger charge is -2.22. The lowest BCUT2D eigenvalue weighted by molar-refractivity contribution is -0.116. The summed E-state index contributed by atoms with van der Waals surface area (Å²) in [6, 6.07) is 3.77. The average Bonchev–Trinajstić information content (AvgIpc) is 2.43. The lowest BCUT2D eigenvalue weighted by Crippen LogP contribution is -2.28. The van der Waals surface area contributed by atoms with Crippen LogP contribution in [0.3, 0.4) is 0 Å². The predicted molar refractivity (Wildman–Crippen MR) is 77.1 cm³/mol. The third-order valence-electron chi connectivity index (χ3n) is 3.46. The van der Waals surface area contributed by atoms with Gasteiger partial charge in [0, 0.05) is 6.42 Å². The van der Waals surface area contributed by atoms with E-state index in [0.717, 1.165) is 38.4 Å². The van der Waals surface area contributed by atoms with Gasteiger partial charge < -0.3 is 10.6 Å². The molecule has 2 N–H and O–H groups in total. The van der Waals surface area contributed by atoms with Gasteiger partial charge in [0.1, 0.15) is 0 Å². The van der Waals surface area contributed by atoms with Crippen molar-refractivity contribution in [3.63, 3.8) is 0 Å². The zero-order valence-electron chi connectivity index (χ0n) is 11.1. The molecular weight excluding hydrogens is 286 g/mol. The number of anilines is 1. The topological polar surface area (TPSA) is 41.1 Å². The molecule has 1 amide bonds. The van der Waals surface area contributed by atoms with Crippen molar-refractivity contribution in [2.75, 3.05) is 18.4 Å². The molecule has 0 unspecified atom stereocenters. The van der Waals surface area contributed by atoms with Gasteiger partial charge in [-0.2, -0.15) is 0 Å². The normalized spacial score (nSPS) is 15.5. The third-order valence-corrected chi connectivity index (χ3v) is 3.46. The summed E-state index contributed by atoms with van der Waals surface area (Å²) in [7, 11) is 0. The second-order valence-corrected chi connectivity index (χ2v) is 4.88. The molecule has 1 aromatic carbocycles. The Hall–Kier alpha value is -1.20. The van der Waals surface area contributed by atoms with Crippen molar-refractivity contribution in [2.24, 2.45) is 5.92 Å². The molecule has 6 heteroatoms. The van der Waals surface area contributed by atoms with Crippen molar-refractivity contribution in [1.82, 2.24) is 5.32 Å². The van der Waals surface area contributed by atoms with Crippen LogP contribution in [0.1, 0.15) is 25.7 Å². The standard InChI is InChI=1S/C14H18F2N2O.ClH/c15-11-2-1-3-12(14(11)16)18-13(19)5-4-10-6-8-17-9-7-10;/h1-3,10,17H,4-9H2,(H,18,19);1H. The van der Waals surface area contributed by atoms with Crippen molar-refractivity contribution < 1.29 is 13.6 Å². The van der Waals surface area contributed by atoms with Gasteiger partial charge in [-0.15, -0.1) is 12.4 Å². The Morgan fingerprint density at radius 3 is 2.70 bits per heavy atom. The Morgan fingerprint density at radius 1 is 1.30 bits per heavy atom. The van der Waals surface area contributed by atoms with E-state index >= 15 is 0 Å². The van der Waals surface area contributed by atoms with Gasteiger partial charge in [0.25, 0.3) is 0 Å². The first-order valence-corrected chi connectivity index (χ1v) is 6.61. The fourth-order valence-corrected chi connectivity index (χ4v) is 2.32. The fourth-order valence-electron chi connectivity index (χ4n) is 2.32. The molecule has 0 bridgehead atoms. The molecule has 2 rings (SSSR count). The minimum atomic E-state index is -1.00. The maximum atomic E-state index is 13.4. The summed E-state index contributed by atoms with van der Waals surface area (Å²) in [5.74, 6) is -1.67. The SMILES string of the molecule is Cl.O=C(CCC1CCNCC1)Nc1cccc(F)c1F. The van der Waals surface area contributed by atoms with E-state index in [0.29, 0.717) is 12.3 Å². The van der Waals surface area contributed by atoms with Crippen molar-refractivity contribution in [1.29, 1.82) is 0 Å². The van der Waals surface area contributed by atoms with Crippen LogP contribution in [0.15, 0.2) is 18.2 Å². The number of rotatable bonds is 4. The Bertz CT molecular complexity index is 451. The van der Waals surface area contributed by atoms with E-state index in [1.54, 1.807) is 0 Å². The van der Waals surface area contributed by atoms with E-state index < -0.39 is 11.6 Å². The van der Waals surface area contributed by atoms with Gasteiger partial charge in [0.2, 0.25) is 5.91 Å². The van der Waals surface area contributed by atoms with Crippen molar-refractivity contribution >= 4 is 24.0 Å². The van der Waals surface area contributed by atoms with Crippen LogP contribution < -0.4 is 10.6 Å². The quantitative estimate of drug-likeness (QED) is 0.897. The molecule has 1 aliphatic rings. The average molecular weight is 305 g/mol. The van der Waals surface area contributed by atoms with Gasteiger partial charge in [-0.1, -0.05) is 6.07 Å². The molecule has 1 heterocycles. The number of carbonyl (C=O) groups is 1. The predicted octanol–water partition coefficient (Wildman–Crippen LogP) is 3.10. The first kappa shape index (κ1) is 16.9. The highest BCUT2D eigenvalue weighted by Crippen LogP contribution is 2.20. The fraction of sp³-hybridized carbons (Fsp3) is 0.500. The summed E-state index contributed by atoms with van der Waals surface area (Å²) in [6.45, 7) is 1.98.